The van der Waals surface area contributed by atoms with Gasteiger partial charge in [-0.15, -0.1) is 11.3 Å². The molecule has 0 saturated carbocycles. The molecular formula is C18H18N2O2S. The lowest BCUT2D eigenvalue weighted by Crippen LogP contribution is -2.28. The molecule has 4 nitrogen and oxygen atoms in total. The molecule has 0 aliphatic rings. The molecule has 5 heteroatoms. The third-order valence-electron chi connectivity index (χ3n) is 3.83. The van der Waals surface area contributed by atoms with Crippen molar-refractivity contribution in [1.82, 2.24) is 10.3 Å². The highest BCUT2D eigenvalue weighted by atomic mass is 32.1. The van der Waals surface area contributed by atoms with Gasteiger partial charge in [0.1, 0.15) is 5.75 Å². The second kappa shape index (κ2) is 6.79. The predicted octanol–water partition coefficient (Wildman–Crippen LogP) is 4.19. The quantitative estimate of drug-likeness (QED) is 0.765. The summed E-state index contributed by atoms with van der Waals surface area (Å²) in [7, 11) is 1.64. The molecule has 0 bridgehead atoms. The standard InChI is InChI=1S/C18H18N2O2S/c1-3-15(12-4-7-14(22-2)8-5-12)20-18(21)13-6-9-16-17(10-13)23-11-19-16/h4-11,15H,3H2,1-2H3,(H,20,21)/t15-/m1/s1. The number of benzene rings is 2. The van der Waals surface area contributed by atoms with Crippen LogP contribution in [-0.2, 0) is 0 Å². The van der Waals surface area contributed by atoms with Crippen LogP contribution in [0.2, 0.25) is 0 Å². The number of fused-ring (bicyclic) bond motifs is 1. The molecule has 23 heavy (non-hydrogen) atoms. The molecule has 3 rings (SSSR count). The second-order valence-corrected chi connectivity index (χ2v) is 6.13. The molecule has 0 unspecified atom stereocenters. The molecule has 3 aromatic rings. The number of thiazole rings is 1. The number of carbonyl (C=O) groups excluding carboxylic acids is 1. The summed E-state index contributed by atoms with van der Waals surface area (Å²) in [6.07, 6.45) is 0.820. The smallest absolute Gasteiger partial charge is 0.251 e. The highest BCUT2D eigenvalue weighted by Crippen LogP contribution is 2.22. The van der Waals surface area contributed by atoms with Crippen LogP contribution in [0, 0.1) is 0 Å². The molecule has 1 heterocycles. The van der Waals surface area contributed by atoms with Gasteiger partial charge in [0.25, 0.3) is 5.91 Å². The third-order valence-corrected chi connectivity index (χ3v) is 4.62. The maximum atomic E-state index is 12.5. The summed E-state index contributed by atoms with van der Waals surface area (Å²) in [4.78, 5) is 16.8. The fourth-order valence-electron chi connectivity index (χ4n) is 2.50. The molecule has 0 fully saturated rings. The van der Waals surface area contributed by atoms with Crippen molar-refractivity contribution < 1.29 is 9.53 Å². The van der Waals surface area contributed by atoms with Gasteiger partial charge in [-0.05, 0) is 42.3 Å². The number of carbonyl (C=O) groups is 1. The number of methoxy groups -OCH3 is 1. The molecule has 2 aromatic carbocycles. The van der Waals surface area contributed by atoms with Gasteiger partial charge in [0, 0.05) is 5.56 Å². The minimum Gasteiger partial charge on any atom is -0.497 e. The molecule has 1 N–H and O–H groups in total. The largest absolute Gasteiger partial charge is 0.497 e. The molecule has 0 saturated heterocycles. The van der Waals surface area contributed by atoms with Crippen LogP contribution >= 0.6 is 11.3 Å². The fourth-order valence-corrected chi connectivity index (χ4v) is 3.21. The summed E-state index contributed by atoms with van der Waals surface area (Å²) in [5.41, 5.74) is 4.45. The molecule has 0 radical (unpaired) electrons. The predicted molar refractivity (Wildman–Crippen MR) is 93.1 cm³/mol. The number of ether oxygens (including phenoxy) is 1. The minimum absolute atomic E-state index is 0.0226. The lowest BCUT2D eigenvalue weighted by Gasteiger charge is -2.18. The van der Waals surface area contributed by atoms with Gasteiger partial charge in [0.05, 0.1) is 28.9 Å². The Kier molecular flexibility index (Phi) is 4.57. The number of amides is 1. The monoisotopic (exact) mass is 326 g/mol. The summed E-state index contributed by atoms with van der Waals surface area (Å²) in [5.74, 6) is 0.744. The first kappa shape index (κ1) is 15.5. The van der Waals surface area contributed by atoms with E-state index >= 15 is 0 Å². The molecule has 1 atom stereocenters. The Morgan fingerprint density at radius 3 is 2.74 bits per heavy atom. The van der Waals surface area contributed by atoms with Gasteiger partial charge in [0.15, 0.2) is 0 Å². The minimum atomic E-state index is -0.0667. The summed E-state index contributed by atoms with van der Waals surface area (Å²) in [6.45, 7) is 2.06. The average molecular weight is 326 g/mol. The number of nitrogens with zero attached hydrogens (tertiary/aromatic N) is 1. The topological polar surface area (TPSA) is 51.2 Å². The van der Waals surface area contributed by atoms with Crippen LogP contribution in [-0.4, -0.2) is 18.0 Å². The lowest BCUT2D eigenvalue weighted by atomic mass is 10.0. The molecule has 1 aromatic heterocycles. The maximum Gasteiger partial charge on any atom is 0.251 e. The van der Waals surface area contributed by atoms with E-state index in [1.807, 2.05) is 42.5 Å². The van der Waals surface area contributed by atoms with E-state index in [0.29, 0.717) is 5.56 Å². The van der Waals surface area contributed by atoms with Gasteiger partial charge in [-0.3, -0.25) is 4.79 Å². The molecule has 0 aliphatic carbocycles. The number of rotatable bonds is 5. The van der Waals surface area contributed by atoms with Crippen molar-refractivity contribution in [3.8, 4) is 5.75 Å². The van der Waals surface area contributed by atoms with Crippen LogP contribution in [0.3, 0.4) is 0 Å². The van der Waals surface area contributed by atoms with Crippen LogP contribution < -0.4 is 10.1 Å². The van der Waals surface area contributed by atoms with E-state index in [1.165, 1.54) is 11.3 Å². The molecule has 0 aliphatic heterocycles. The summed E-state index contributed by atoms with van der Waals surface area (Å²) in [6, 6.07) is 13.4. The van der Waals surface area contributed by atoms with Crippen molar-refractivity contribution in [3.05, 3.63) is 59.1 Å². The molecule has 118 valence electrons. The van der Waals surface area contributed by atoms with Crippen LogP contribution in [0.5, 0.6) is 5.75 Å². The Hall–Kier alpha value is -2.40. The van der Waals surface area contributed by atoms with E-state index < -0.39 is 0 Å². The van der Waals surface area contributed by atoms with Crippen LogP contribution in [0.15, 0.2) is 48.0 Å². The van der Waals surface area contributed by atoms with Gasteiger partial charge >= 0.3 is 0 Å². The summed E-state index contributed by atoms with van der Waals surface area (Å²) in [5, 5.41) is 3.10. The average Bonchev–Trinajstić information content (AvgIpc) is 3.07. The van der Waals surface area contributed by atoms with Crippen molar-refractivity contribution in [2.75, 3.05) is 7.11 Å². The van der Waals surface area contributed by atoms with E-state index in [0.717, 1.165) is 28.0 Å². The Bertz CT molecular complexity index is 811. The Labute approximate surface area is 139 Å². The van der Waals surface area contributed by atoms with E-state index in [-0.39, 0.29) is 11.9 Å². The number of nitrogens with one attached hydrogen (secondary N) is 1. The zero-order valence-corrected chi connectivity index (χ0v) is 13.9. The first-order valence-corrected chi connectivity index (χ1v) is 8.37. The maximum absolute atomic E-state index is 12.5. The first-order chi connectivity index (χ1) is 11.2. The fraction of sp³-hybridized carbons (Fsp3) is 0.222. The summed E-state index contributed by atoms with van der Waals surface area (Å²) < 4.78 is 6.20. The number of hydrogen-bond acceptors (Lipinski definition) is 4. The normalized spacial score (nSPS) is 12.1. The van der Waals surface area contributed by atoms with Crippen molar-refractivity contribution in [2.24, 2.45) is 0 Å². The van der Waals surface area contributed by atoms with E-state index in [2.05, 4.69) is 17.2 Å². The second-order valence-electron chi connectivity index (χ2n) is 5.24. The Morgan fingerprint density at radius 2 is 2.04 bits per heavy atom. The zero-order valence-electron chi connectivity index (χ0n) is 13.1. The van der Waals surface area contributed by atoms with Gasteiger partial charge in [-0.25, -0.2) is 4.98 Å². The van der Waals surface area contributed by atoms with Crippen LogP contribution in [0.1, 0.15) is 35.3 Å². The lowest BCUT2D eigenvalue weighted by molar-refractivity contribution is 0.0935. The van der Waals surface area contributed by atoms with Gasteiger partial charge in [0.2, 0.25) is 0 Å². The zero-order chi connectivity index (χ0) is 16.2. The molecular weight excluding hydrogens is 308 g/mol. The molecule has 0 spiro atoms. The number of aromatic nitrogens is 1. The van der Waals surface area contributed by atoms with Crippen LogP contribution in [0.25, 0.3) is 10.2 Å². The third kappa shape index (κ3) is 3.35. The van der Waals surface area contributed by atoms with Crippen molar-refractivity contribution in [2.45, 2.75) is 19.4 Å². The molecule has 1 amide bonds. The van der Waals surface area contributed by atoms with Crippen molar-refractivity contribution >= 4 is 27.5 Å². The first-order valence-electron chi connectivity index (χ1n) is 7.49. The van der Waals surface area contributed by atoms with Crippen molar-refractivity contribution in [3.63, 3.8) is 0 Å². The van der Waals surface area contributed by atoms with Crippen molar-refractivity contribution in [1.29, 1.82) is 0 Å². The highest BCUT2D eigenvalue weighted by molar-refractivity contribution is 7.16. The van der Waals surface area contributed by atoms with Gasteiger partial charge in [-0.2, -0.15) is 0 Å². The van der Waals surface area contributed by atoms with E-state index in [4.69, 9.17) is 4.74 Å². The number of hydrogen-bond donors (Lipinski definition) is 1. The van der Waals surface area contributed by atoms with E-state index in [1.54, 1.807) is 12.6 Å². The SMILES string of the molecule is CC[C@@H](NC(=O)c1ccc2ncsc2c1)c1ccc(OC)cc1. The van der Waals surface area contributed by atoms with Crippen LogP contribution in [0.4, 0.5) is 0 Å². The highest BCUT2D eigenvalue weighted by Gasteiger charge is 2.15. The van der Waals surface area contributed by atoms with Gasteiger partial charge < -0.3 is 10.1 Å². The van der Waals surface area contributed by atoms with Gasteiger partial charge in [-0.1, -0.05) is 19.1 Å². The Balaban J connectivity index is 1.78. The summed E-state index contributed by atoms with van der Waals surface area (Å²) >= 11 is 1.54. The van der Waals surface area contributed by atoms with E-state index in [9.17, 15) is 4.79 Å². The Morgan fingerprint density at radius 1 is 1.26 bits per heavy atom.